The third kappa shape index (κ3) is 3.31. The zero-order valence-electron chi connectivity index (χ0n) is 13.4. The van der Waals surface area contributed by atoms with Gasteiger partial charge in [0.2, 0.25) is 0 Å². The Hall–Kier alpha value is -2.66. The molecular formula is C19H17NO3S. The lowest BCUT2D eigenvalue weighted by atomic mass is 10.0. The fourth-order valence-corrected chi connectivity index (χ4v) is 3.62. The molecule has 3 rings (SSSR count). The number of carboxylic acids is 1. The molecule has 0 aliphatic carbocycles. The van der Waals surface area contributed by atoms with E-state index in [0.717, 1.165) is 38.0 Å². The summed E-state index contributed by atoms with van der Waals surface area (Å²) in [4.78, 5) is 16.7. The molecule has 0 atom stereocenters. The number of rotatable bonds is 5. The summed E-state index contributed by atoms with van der Waals surface area (Å²) in [6.07, 6.45) is -0.0364. The van der Waals surface area contributed by atoms with Crippen molar-refractivity contribution < 1.29 is 14.6 Å². The van der Waals surface area contributed by atoms with Gasteiger partial charge in [0, 0.05) is 16.0 Å². The smallest absolute Gasteiger partial charge is 0.308 e. The van der Waals surface area contributed by atoms with Crippen molar-refractivity contribution in [1.29, 1.82) is 0 Å². The van der Waals surface area contributed by atoms with Crippen molar-refractivity contribution in [3.8, 4) is 27.6 Å². The second-order valence-corrected chi connectivity index (χ2v) is 6.49. The molecule has 24 heavy (non-hydrogen) atoms. The van der Waals surface area contributed by atoms with Crippen molar-refractivity contribution in [2.24, 2.45) is 0 Å². The van der Waals surface area contributed by atoms with Gasteiger partial charge in [0.15, 0.2) is 0 Å². The van der Waals surface area contributed by atoms with Gasteiger partial charge in [-0.25, -0.2) is 4.98 Å². The maximum absolute atomic E-state index is 11.2. The fraction of sp³-hybridized carbons (Fsp3) is 0.158. The molecule has 0 amide bonds. The Morgan fingerprint density at radius 2 is 1.96 bits per heavy atom. The van der Waals surface area contributed by atoms with Gasteiger partial charge >= 0.3 is 5.97 Å². The van der Waals surface area contributed by atoms with Crippen LogP contribution in [0.15, 0.2) is 48.5 Å². The molecule has 1 N–H and O–H groups in total. The molecule has 0 radical (unpaired) electrons. The molecule has 0 aliphatic rings. The summed E-state index contributed by atoms with van der Waals surface area (Å²) in [5.41, 5.74) is 3.67. The molecule has 5 heteroatoms. The average molecular weight is 339 g/mol. The zero-order valence-corrected chi connectivity index (χ0v) is 14.3. The second-order valence-electron chi connectivity index (χ2n) is 5.41. The van der Waals surface area contributed by atoms with Crippen molar-refractivity contribution in [2.75, 3.05) is 7.11 Å². The van der Waals surface area contributed by atoms with Gasteiger partial charge in [-0.2, -0.15) is 0 Å². The number of carbonyl (C=O) groups is 1. The quantitative estimate of drug-likeness (QED) is 0.747. The molecule has 0 unspecified atom stereocenters. The van der Waals surface area contributed by atoms with Crippen LogP contribution in [0.3, 0.4) is 0 Å². The lowest BCUT2D eigenvalue weighted by Gasteiger charge is -2.07. The Morgan fingerprint density at radius 1 is 1.21 bits per heavy atom. The summed E-state index contributed by atoms with van der Waals surface area (Å²) in [6, 6.07) is 15.5. The van der Waals surface area contributed by atoms with Gasteiger partial charge < -0.3 is 9.84 Å². The topological polar surface area (TPSA) is 59.4 Å². The molecule has 0 saturated heterocycles. The molecule has 0 fully saturated rings. The number of ether oxygens (including phenoxy) is 1. The van der Waals surface area contributed by atoms with Crippen LogP contribution >= 0.6 is 11.3 Å². The molecule has 3 aromatic rings. The van der Waals surface area contributed by atoms with E-state index in [1.165, 1.54) is 11.3 Å². The second kappa shape index (κ2) is 6.84. The maximum atomic E-state index is 11.2. The first-order valence-corrected chi connectivity index (χ1v) is 8.32. The van der Waals surface area contributed by atoms with Gasteiger partial charge in [0.1, 0.15) is 10.8 Å². The van der Waals surface area contributed by atoms with Crippen LogP contribution in [0.5, 0.6) is 5.75 Å². The first-order chi connectivity index (χ1) is 11.6. The van der Waals surface area contributed by atoms with E-state index in [0.29, 0.717) is 0 Å². The van der Waals surface area contributed by atoms with Crippen LogP contribution in [-0.2, 0) is 11.2 Å². The van der Waals surface area contributed by atoms with Crippen LogP contribution in [0.4, 0.5) is 0 Å². The first-order valence-electron chi connectivity index (χ1n) is 7.50. The predicted molar refractivity (Wildman–Crippen MR) is 95.6 cm³/mol. The number of hydrogen-bond acceptors (Lipinski definition) is 4. The van der Waals surface area contributed by atoms with E-state index in [2.05, 4.69) is 0 Å². The predicted octanol–water partition coefficient (Wildman–Crippen LogP) is 4.42. The van der Waals surface area contributed by atoms with Crippen LogP contribution in [0.1, 0.15) is 10.4 Å². The van der Waals surface area contributed by atoms with Gasteiger partial charge in [-0.15, -0.1) is 11.3 Å². The molecule has 0 bridgehead atoms. The number of nitrogens with zero attached hydrogens (tertiary/aromatic N) is 1. The summed E-state index contributed by atoms with van der Waals surface area (Å²) < 4.78 is 5.24. The van der Waals surface area contributed by atoms with E-state index in [1.54, 1.807) is 7.11 Å². The van der Waals surface area contributed by atoms with Crippen LogP contribution < -0.4 is 4.74 Å². The lowest BCUT2D eigenvalue weighted by Crippen LogP contribution is -2.00. The van der Waals surface area contributed by atoms with Gasteiger partial charge in [0.25, 0.3) is 0 Å². The zero-order chi connectivity index (χ0) is 17.1. The normalized spacial score (nSPS) is 10.6. The van der Waals surface area contributed by atoms with E-state index >= 15 is 0 Å². The van der Waals surface area contributed by atoms with Crippen LogP contribution in [0, 0.1) is 6.92 Å². The van der Waals surface area contributed by atoms with Crippen LogP contribution in [-0.4, -0.2) is 23.2 Å². The highest BCUT2D eigenvalue weighted by molar-refractivity contribution is 7.15. The first kappa shape index (κ1) is 16.2. The van der Waals surface area contributed by atoms with Crippen molar-refractivity contribution in [1.82, 2.24) is 4.98 Å². The Labute approximate surface area is 144 Å². The summed E-state index contributed by atoms with van der Waals surface area (Å²) >= 11 is 1.43. The van der Waals surface area contributed by atoms with Gasteiger partial charge in [0.05, 0.1) is 19.2 Å². The van der Waals surface area contributed by atoms with E-state index in [-0.39, 0.29) is 6.42 Å². The number of aliphatic carboxylic acids is 1. The highest BCUT2D eigenvalue weighted by Gasteiger charge is 2.18. The molecular weight excluding hydrogens is 322 g/mol. The monoisotopic (exact) mass is 339 g/mol. The molecule has 4 nitrogen and oxygen atoms in total. The molecule has 0 saturated carbocycles. The minimum Gasteiger partial charge on any atom is -0.497 e. The van der Waals surface area contributed by atoms with Crippen LogP contribution in [0.25, 0.3) is 21.8 Å². The van der Waals surface area contributed by atoms with Gasteiger partial charge in [-0.05, 0) is 30.7 Å². The summed E-state index contributed by atoms with van der Waals surface area (Å²) in [5, 5.41) is 10.1. The summed E-state index contributed by atoms with van der Waals surface area (Å²) in [6.45, 7) is 1.98. The Balaban J connectivity index is 2.12. The Kier molecular flexibility index (Phi) is 4.62. The van der Waals surface area contributed by atoms with Crippen molar-refractivity contribution in [3.63, 3.8) is 0 Å². The third-order valence-corrected chi connectivity index (χ3v) is 4.82. The third-order valence-electron chi connectivity index (χ3n) is 3.72. The number of aryl methyl sites for hydroxylation is 1. The molecule has 0 spiro atoms. The maximum Gasteiger partial charge on any atom is 0.308 e. The summed E-state index contributed by atoms with van der Waals surface area (Å²) in [7, 11) is 1.63. The van der Waals surface area contributed by atoms with Gasteiger partial charge in [-0.1, -0.05) is 30.3 Å². The number of hydrogen-bond donors (Lipinski definition) is 1. The number of carboxylic acid groups (broad SMARTS) is 1. The number of methoxy groups -OCH3 is 1. The number of benzene rings is 2. The fourth-order valence-electron chi connectivity index (χ4n) is 2.55. The van der Waals surface area contributed by atoms with Crippen molar-refractivity contribution in [3.05, 3.63) is 59.0 Å². The molecule has 122 valence electrons. The standard InChI is InChI=1S/C19H17NO3S/c1-12-10-14(23-2)8-9-15(12)18-16(11-17(21)22)24-19(20-18)13-6-4-3-5-7-13/h3-10H,11H2,1-2H3,(H,21,22). The van der Waals surface area contributed by atoms with E-state index in [4.69, 9.17) is 9.72 Å². The van der Waals surface area contributed by atoms with E-state index in [9.17, 15) is 9.90 Å². The van der Waals surface area contributed by atoms with Crippen LogP contribution in [0.2, 0.25) is 0 Å². The molecule has 1 aromatic heterocycles. The lowest BCUT2D eigenvalue weighted by molar-refractivity contribution is -0.136. The number of thiazole rings is 1. The summed E-state index contributed by atoms with van der Waals surface area (Å²) in [5.74, 6) is -0.0831. The molecule has 2 aromatic carbocycles. The average Bonchev–Trinajstić information content (AvgIpc) is 2.98. The van der Waals surface area contributed by atoms with Gasteiger partial charge in [-0.3, -0.25) is 4.79 Å². The highest BCUT2D eigenvalue weighted by Crippen LogP contribution is 2.36. The Bertz CT molecular complexity index is 872. The number of aromatic nitrogens is 1. The molecule has 1 heterocycles. The minimum absolute atomic E-state index is 0.0364. The largest absolute Gasteiger partial charge is 0.497 e. The van der Waals surface area contributed by atoms with E-state index in [1.807, 2.05) is 55.5 Å². The SMILES string of the molecule is COc1ccc(-c2nc(-c3ccccc3)sc2CC(=O)O)c(C)c1. The molecule has 0 aliphatic heterocycles. The Morgan fingerprint density at radius 3 is 2.58 bits per heavy atom. The minimum atomic E-state index is -0.856. The van der Waals surface area contributed by atoms with E-state index < -0.39 is 5.97 Å². The highest BCUT2D eigenvalue weighted by atomic mass is 32.1. The van der Waals surface area contributed by atoms with Crippen molar-refractivity contribution >= 4 is 17.3 Å². The van der Waals surface area contributed by atoms with Crippen molar-refractivity contribution in [2.45, 2.75) is 13.3 Å².